The lowest BCUT2D eigenvalue weighted by atomic mass is 10.0. The third-order valence-corrected chi connectivity index (χ3v) is 7.11. The van der Waals surface area contributed by atoms with Crippen LogP contribution in [0.1, 0.15) is 5.56 Å². The number of para-hydroxylation sites is 1. The summed E-state index contributed by atoms with van der Waals surface area (Å²) in [5, 5.41) is 13.0. The minimum atomic E-state index is -1.03. The average molecular weight is 502 g/mol. The number of β-lactam (4-membered cyclic amide) rings is 1. The number of nitrogens with zero attached hydrogens (tertiary/aromatic N) is 2. The molecule has 0 radical (unpaired) electrons. The molecular formula is C22H19N3O7S2. The molecule has 12 heteroatoms. The highest BCUT2D eigenvalue weighted by atomic mass is 32.2. The van der Waals surface area contributed by atoms with Crippen molar-refractivity contribution in [3.63, 3.8) is 0 Å². The number of thioether (sulfide) groups is 1. The molecule has 176 valence electrons. The van der Waals surface area contributed by atoms with Crippen molar-refractivity contribution in [3.05, 3.63) is 70.3 Å². The molecule has 34 heavy (non-hydrogen) atoms. The number of nitrogens with one attached hydrogen (secondary N) is 1. The number of nitro groups is 1. The number of fused-ring (bicyclic) bond motifs is 1. The predicted octanol–water partition coefficient (Wildman–Crippen LogP) is 1.86. The number of amides is 2. The number of non-ortho nitro benzene ring substituents is 1. The standard InChI is InChI=1S/C22H19N3O7S2/c26-17(11-31-15-4-2-1-3-5-15)23-18-20(27)24-19(16(33)12-34-21(18)24)22(28)32-10-13-6-8-14(9-7-13)25(29)30/h1-9,18-19,21H,10-12H2,(H,23,26)/t18-,19?,21+/m1/s1. The summed E-state index contributed by atoms with van der Waals surface area (Å²) in [6.07, 6.45) is 0. The number of benzene rings is 2. The van der Waals surface area contributed by atoms with E-state index in [0.717, 1.165) is 0 Å². The van der Waals surface area contributed by atoms with Crippen LogP contribution in [0.25, 0.3) is 0 Å². The number of hydrogen-bond donors (Lipinski definition) is 1. The summed E-state index contributed by atoms with van der Waals surface area (Å²) in [6, 6.07) is 12.6. The SMILES string of the molecule is O=C(COc1ccccc1)N[C@@H]1C(=O)N2C(C(=O)OCc3ccc([N+](=O)[O-])cc3)C(=S)CS[C@@H]12. The van der Waals surface area contributed by atoms with Crippen LogP contribution < -0.4 is 10.1 Å². The molecule has 0 aromatic heterocycles. The van der Waals surface area contributed by atoms with Crippen LogP contribution in [-0.4, -0.2) is 62.3 Å². The minimum absolute atomic E-state index is 0.0724. The quantitative estimate of drug-likeness (QED) is 0.189. The molecular weight excluding hydrogens is 482 g/mol. The van der Waals surface area contributed by atoms with Crippen LogP contribution >= 0.6 is 24.0 Å². The topological polar surface area (TPSA) is 128 Å². The Morgan fingerprint density at radius 1 is 1.18 bits per heavy atom. The Balaban J connectivity index is 1.32. The largest absolute Gasteiger partial charge is 0.484 e. The van der Waals surface area contributed by atoms with Crippen molar-refractivity contribution >= 4 is 52.3 Å². The Bertz CT molecular complexity index is 1130. The van der Waals surface area contributed by atoms with E-state index in [9.17, 15) is 24.5 Å². The first-order valence-electron chi connectivity index (χ1n) is 10.2. The lowest BCUT2D eigenvalue weighted by Crippen LogP contribution is -2.76. The zero-order chi connectivity index (χ0) is 24.2. The first-order chi connectivity index (χ1) is 16.3. The van der Waals surface area contributed by atoms with E-state index in [-0.39, 0.29) is 18.9 Å². The first-order valence-corrected chi connectivity index (χ1v) is 11.6. The molecule has 3 atom stereocenters. The van der Waals surface area contributed by atoms with Crippen molar-refractivity contribution in [1.29, 1.82) is 0 Å². The van der Waals surface area contributed by atoms with Crippen molar-refractivity contribution in [3.8, 4) is 5.75 Å². The molecule has 2 aliphatic rings. The number of rotatable bonds is 8. The second kappa shape index (κ2) is 10.2. The molecule has 4 rings (SSSR count). The molecule has 2 aliphatic heterocycles. The van der Waals surface area contributed by atoms with Gasteiger partial charge in [0.15, 0.2) is 12.6 Å². The fraction of sp³-hybridized carbons (Fsp3) is 0.273. The van der Waals surface area contributed by atoms with Crippen molar-refractivity contribution in [2.45, 2.75) is 24.1 Å². The van der Waals surface area contributed by atoms with Crippen molar-refractivity contribution in [2.75, 3.05) is 12.4 Å². The summed E-state index contributed by atoms with van der Waals surface area (Å²) >= 11 is 6.69. The highest BCUT2D eigenvalue weighted by molar-refractivity contribution is 8.02. The van der Waals surface area contributed by atoms with Gasteiger partial charge in [0, 0.05) is 22.8 Å². The zero-order valence-corrected chi connectivity index (χ0v) is 19.3. The molecule has 2 fully saturated rings. The molecule has 2 heterocycles. The van der Waals surface area contributed by atoms with Gasteiger partial charge in [-0.1, -0.05) is 30.4 Å². The van der Waals surface area contributed by atoms with Gasteiger partial charge in [-0.25, -0.2) is 4.79 Å². The van der Waals surface area contributed by atoms with E-state index in [0.29, 0.717) is 21.9 Å². The number of ether oxygens (including phenoxy) is 2. The number of nitro benzene ring substituents is 1. The Hall–Kier alpha value is -3.51. The maximum Gasteiger partial charge on any atom is 0.334 e. The van der Waals surface area contributed by atoms with E-state index in [4.69, 9.17) is 21.7 Å². The van der Waals surface area contributed by atoms with Crippen molar-refractivity contribution in [1.82, 2.24) is 10.2 Å². The molecule has 1 N–H and O–H groups in total. The van der Waals surface area contributed by atoms with Gasteiger partial charge in [0.2, 0.25) is 5.91 Å². The minimum Gasteiger partial charge on any atom is -0.484 e. The van der Waals surface area contributed by atoms with Crippen molar-refractivity contribution in [2.24, 2.45) is 0 Å². The fourth-order valence-electron chi connectivity index (χ4n) is 3.54. The molecule has 2 amide bonds. The summed E-state index contributed by atoms with van der Waals surface area (Å²) in [4.78, 5) is 49.7. The van der Waals surface area contributed by atoms with Gasteiger partial charge in [0.1, 0.15) is 23.8 Å². The normalized spacial score (nSPS) is 21.2. The van der Waals surface area contributed by atoms with E-state index < -0.39 is 40.2 Å². The maximum atomic E-state index is 12.8. The molecule has 2 aromatic rings. The molecule has 0 saturated carbocycles. The van der Waals surface area contributed by atoms with Gasteiger partial charge in [-0.15, -0.1) is 11.8 Å². The molecule has 10 nitrogen and oxygen atoms in total. The van der Waals surface area contributed by atoms with Crippen LogP contribution in [0.4, 0.5) is 5.69 Å². The highest BCUT2D eigenvalue weighted by Gasteiger charge is 2.57. The van der Waals surface area contributed by atoms with E-state index in [1.54, 1.807) is 24.3 Å². The second-order valence-corrected chi connectivity index (χ2v) is 9.12. The third kappa shape index (κ3) is 5.02. The number of hydrogen-bond acceptors (Lipinski definition) is 9. The zero-order valence-electron chi connectivity index (χ0n) is 17.6. The van der Waals surface area contributed by atoms with Gasteiger partial charge < -0.3 is 19.7 Å². The van der Waals surface area contributed by atoms with Crippen LogP contribution in [0.3, 0.4) is 0 Å². The van der Waals surface area contributed by atoms with Gasteiger partial charge in [-0.2, -0.15) is 0 Å². The predicted molar refractivity (Wildman–Crippen MR) is 126 cm³/mol. The lowest BCUT2D eigenvalue weighted by molar-refractivity contribution is -0.384. The number of thiocarbonyl (C=S) groups is 1. The van der Waals surface area contributed by atoms with E-state index >= 15 is 0 Å². The molecule has 0 spiro atoms. The van der Waals surface area contributed by atoms with E-state index in [1.807, 2.05) is 6.07 Å². The summed E-state index contributed by atoms with van der Waals surface area (Å²) in [5.41, 5.74) is 0.488. The summed E-state index contributed by atoms with van der Waals surface area (Å²) in [5.74, 6) is -0.669. The third-order valence-electron chi connectivity index (χ3n) is 5.24. The second-order valence-electron chi connectivity index (χ2n) is 7.49. The summed E-state index contributed by atoms with van der Waals surface area (Å²) in [7, 11) is 0. The van der Waals surface area contributed by atoms with E-state index in [1.165, 1.54) is 40.9 Å². The number of carbonyl (C=O) groups is 3. The molecule has 2 aromatic carbocycles. The number of carbonyl (C=O) groups excluding carboxylic acids is 3. The van der Waals surface area contributed by atoms with Gasteiger partial charge >= 0.3 is 5.97 Å². The Morgan fingerprint density at radius 3 is 2.56 bits per heavy atom. The monoisotopic (exact) mass is 501 g/mol. The van der Waals surface area contributed by atoms with Gasteiger partial charge in [0.05, 0.1) is 4.92 Å². The Morgan fingerprint density at radius 2 is 1.88 bits per heavy atom. The highest BCUT2D eigenvalue weighted by Crippen LogP contribution is 2.37. The molecule has 1 unspecified atom stereocenters. The van der Waals surface area contributed by atoms with Crippen molar-refractivity contribution < 1.29 is 28.8 Å². The maximum absolute atomic E-state index is 12.8. The Labute approximate surface area is 203 Å². The van der Waals surface area contributed by atoms with Crippen LogP contribution in [0, 0.1) is 10.1 Å². The van der Waals surface area contributed by atoms with Crippen LogP contribution in [0.2, 0.25) is 0 Å². The van der Waals surface area contributed by atoms with Gasteiger partial charge in [-0.05, 0) is 29.8 Å². The lowest BCUT2D eigenvalue weighted by Gasteiger charge is -2.52. The van der Waals surface area contributed by atoms with E-state index in [2.05, 4.69) is 5.32 Å². The smallest absolute Gasteiger partial charge is 0.334 e. The fourth-order valence-corrected chi connectivity index (χ4v) is 5.21. The summed E-state index contributed by atoms with van der Waals surface area (Å²) in [6.45, 7) is -0.364. The Kier molecular flexibility index (Phi) is 7.08. The van der Waals surface area contributed by atoms with Crippen LogP contribution in [0.5, 0.6) is 5.75 Å². The summed E-state index contributed by atoms with van der Waals surface area (Å²) < 4.78 is 10.7. The van der Waals surface area contributed by atoms with Crippen LogP contribution in [0.15, 0.2) is 54.6 Å². The first kappa shape index (κ1) is 23.6. The molecule has 0 aliphatic carbocycles. The van der Waals surface area contributed by atoms with Gasteiger partial charge in [-0.3, -0.25) is 19.7 Å². The average Bonchev–Trinajstić information content (AvgIpc) is 2.85. The number of esters is 1. The van der Waals surface area contributed by atoms with Gasteiger partial charge in [0.25, 0.3) is 11.6 Å². The molecule has 0 bridgehead atoms. The van der Waals surface area contributed by atoms with Crippen LogP contribution in [-0.2, 0) is 25.7 Å². The molecule has 2 saturated heterocycles.